The van der Waals surface area contributed by atoms with E-state index in [2.05, 4.69) is 25.6 Å². The first-order valence-electron chi connectivity index (χ1n) is 8.70. The summed E-state index contributed by atoms with van der Waals surface area (Å²) in [4.78, 5) is 15.5. The summed E-state index contributed by atoms with van der Waals surface area (Å²) in [5.41, 5.74) is 1.44. The van der Waals surface area contributed by atoms with E-state index in [-0.39, 0.29) is 18.2 Å². The average molecular weight is 403 g/mol. The number of hydrogen-bond donors (Lipinski definition) is 2. The normalized spacial score (nSPS) is 13.5. The quantitative estimate of drug-likeness (QED) is 0.673. The Morgan fingerprint density at radius 2 is 1.46 bits per heavy atom. The highest BCUT2D eigenvalue weighted by Crippen LogP contribution is 2.21. The molecule has 2 aromatic carbocycles. The van der Waals surface area contributed by atoms with Crippen LogP contribution in [0.1, 0.15) is 0 Å². The molecule has 0 unspecified atom stereocenters. The summed E-state index contributed by atoms with van der Waals surface area (Å²) in [5.74, 6) is 0.975. The van der Waals surface area contributed by atoms with Gasteiger partial charge in [-0.15, -0.1) is 12.4 Å². The van der Waals surface area contributed by atoms with Crippen LogP contribution in [0.25, 0.3) is 0 Å². The summed E-state index contributed by atoms with van der Waals surface area (Å²) in [7, 11) is 0. The van der Waals surface area contributed by atoms with Gasteiger partial charge < -0.3 is 20.3 Å². The lowest BCUT2D eigenvalue weighted by Crippen LogP contribution is -2.37. The maximum atomic E-state index is 13.5. The summed E-state index contributed by atoms with van der Waals surface area (Å²) in [6, 6.07) is 15.8. The van der Waals surface area contributed by atoms with Crippen molar-refractivity contribution in [2.24, 2.45) is 0 Å². The molecule has 2 heterocycles. The molecular weight excluding hydrogens is 383 g/mol. The van der Waals surface area contributed by atoms with Gasteiger partial charge in [-0.25, -0.2) is 4.39 Å². The van der Waals surface area contributed by atoms with Crippen LogP contribution in [-0.4, -0.2) is 41.3 Å². The first kappa shape index (κ1) is 19.8. The number of hydrogen-bond acceptors (Lipinski definition) is 7. The fourth-order valence-electron chi connectivity index (χ4n) is 2.73. The van der Waals surface area contributed by atoms with E-state index in [1.807, 2.05) is 35.2 Å². The Morgan fingerprint density at radius 1 is 0.821 bits per heavy atom. The van der Waals surface area contributed by atoms with Crippen LogP contribution in [0.5, 0.6) is 0 Å². The van der Waals surface area contributed by atoms with E-state index in [0.29, 0.717) is 49.8 Å². The molecule has 0 spiro atoms. The lowest BCUT2D eigenvalue weighted by Gasteiger charge is -2.27. The topological polar surface area (TPSA) is 75.2 Å². The second-order valence-electron chi connectivity index (χ2n) is 6.01. The van der Waals surface area contributed by atoms with E-state index in [1.165, 1.54) is 12.1 Å². The average Bonchev–Trinajstić information content (AvgIpc) is 2.69. The van der Waals surface area contributed by atoms with Gasteiger partial charge in [-0.2, -0.15) is 15.0 Å². The third kappa shape index (κ3) is 5.05. The van der Waals surface area contributed by atoms with E-state index in [9.17, 15) is 4.39 Å². The van der Waals surface area contributed by atoms with E-state index >= 15 is 0 Å². The van der Waals surface area contributed by atoms with Crippen LogP contribution in [0.15, 0.2) is 54.6 Å². The predicted molar refractivity (Wildman–Crippen MR) is 110 cm³/mol. The zero-order valence-electron chi connectivity index (χ0n) is 15.0. The van der Waals surface area contributed by atoms with E-state index in [4.69, 9.17) is 4.74 Å². The second kappa shape index (κ2) is 9.29. The monoisotopic (exact) mass is 402 g/mol. The fourth-order valence-corrected chi connectivity index (χ4v) is 2.73. The van der Waals surface area contributed by atoms with Crippen LogP contribution < -0.4 is 15.5 Å². The predicted octanol–water partition coefficient (Wildman–Crippen LogP) is 3.76. The van der Waals surface area contributed by atoms with Gasteiger partial charge in [0, 0.05) is 24.5 Å². The number of benzene rings is 2. The Labute approximate surface area is 168 Å². The number of rotatable bonds is 5. The molecule has 1 aromatic heterocycles. The van der Waals surface area contributed by atoms with Gasteiger partial charge in [0.05, 0.1) is 13.2 Å². The van der Waals surface area contributed by atoms with Crippen LogP contribution in [0.4, 0.5) is 33.6 Å². The highest BCUT2D eigenvalue weighted by Gasteiger charge is 2.17. The molecule has 146 valence electrons. The molecule has 0 amide bonds. The minimum absolute atomic E-state index is 0. The first-order chi connectivity index (χ1) is 13.3. The Balaban J connectivity index is 0.00000225. The van der Waals surface area contributed by atoms with Crippen molar-refractivity contribution in [2.45, 2.75) is 0 Å². The highest BCUT2D eigenvalue weighted by molar-refractivity contribution is 5.85. The summed E-state index contributed by atoms with van der Waals surface area (Å²) < 4.78 is 18.9. The molecule has 4 rings (SSSR count). The number of nitrogens with zero attached hydrogens (tertiary/aromatic N) is 4. The van der Waals surface area contributed by atoms with Gasteiger partial charge in [0.15, 0.2) is 0 Å². The number of aromatic nitrogens is 3. The SMILES string of the molecule is Cl.Fc1cccc(Nc2nc(Nc3ccccc3)nc(N3CCOCC3)n2)c1. The molecule has 1 aliphatic heterocycles. The number of anilines is 5. The smallest absolute Gasteiger partial charge is 0.233 e. The lowest BCUT2D eigenvalue weighted by atomic mass is 10.3. The zero-order chi connectivity index (χ0) is 18.5. The van der Waals surface area contributed by atoms with Crippen molar-refractivity contribution >= 4 is 41.6 Å². The Kier molecular flexibility index (Phi) is 6.57. The third-order valence-corrected chi connectivity index (χ3v) is 4.03. The fraction of sp³-hybridized carbons (Fsp3) is 0.211. The first-order valence-corrected chi connectivity index (χ1v) is 8.70. The molecule has 2 N–H and O–H groups in total. The maximum absolute atomic E-state index is 13.5. The van der Waals surface area contributed by atoms with Gasteiger partial charge in [0.1, 0.15) is 5.82 Å². The molecule has 0 aliphatic carbocycles. The van der Waals surface area contributed by atoms with Crippen LogP contribution >= 0.6 is 12.4 Å². The Bertz CT molecular complexity index is 908. The standard InChI is InChI=1S/C19H19FN6O.ClH/c20-14-5-4-8-16(13-14)22-18-23-17(21-15-6-2-1-3-7-15)24-19(25-18)26-9-11-27-12-10-26;/h1-8,13H,9-12H2,(H2,21,22,23,24,25);1H. The van der Waals surface area contributed by atoms with E-state index < -0.39 is 0 Å². The van der Waals surface area contributed by atoms with Gasteiger partial charge in [-0.1, -0.05) is 24.3 Å². The van der Waals surface area contributed by atoms with E-state index in [1.54, 1.807) is 12.1 Å². The van der Waals surface area contributed by atoms with Crippen molar-refractivity contribution in [3.8, 4) is 0 Å². The van der Waals surface area contributed by atoms with Gasteiger partial charge in [0.2, 0.25) is 17.8 Å². The van der Waals surface area contributed by atoms with Crippen LogP contribution in [-0.2, 0) is 4.74 Å². The van der Waals surface area contributed by atoms with Crippen molar-refractivity contribution in [1.29, 1.82) is 0 Å². The number of para-hydroxylation sites is 1. The van der Waals surface area contributed by atoms with Crippen LogP contribution in [0, 0.1) is 5.82 Å². The Hall–Kier alpha value is -2.97. The zero-order valence-corrected chi connectivity index (χ0v) is 15.8. The van der Waals surface area contributed by atoms with Crippen molar-refractivity contribution in [3.63, 3.8) is 0 Å². The van der Waals surface area contributed by atoms with Crippen molar-refractivity contribution in [1.82, 2.24) is 15.0 Å². The molecule has 1 saturated heterocycles. The van der Waals surface area contributed by atoms with Gasteiger partial charge in [-0.05, 0) is 30.3 Å². The van der Waals surface area contributed by atoms with Gasteiger partial charge in [0.25, 0.3) is 0 Å². The minimum Gasteiger partial charge on any atom is -0.378 e. The molecule has 7 nitrogen and oxygen atoms in total. The highest BCUT2D eigenvalue weighted by atomic mass is 35.5. The maximum Gasteiger partial charge on any atom is 0.233 e. The van der Waals surface area contributed by atoms with E-state index in [0.717, 1.165) is 5.69 Å². The van der Waals surface area contributed by atoms with Crippen LogP contribution in [0.2, 0.25) is 0 Å². The number of ether oxygens (including phenoxy) is 1. The molecule has 0 saturated carbocycles. The summed E-state index contributed by atoms with van der Waals surface area (Å²) in [6.07, 6.45) is 0. The minimum atomic E-state index is -0.329. The molecule has 3 aromatic rings. The van der Waals surface area contributed by atoms with Crippen molar-refractivity contribution in [2.75, 3.05) is 41.8 Å². The molecule has 0 radical (unpaired) electrons. The summed E-state index contributed by atoms with van der Waals surface area (Å²) in [5, 5.41) is 6.24. The molecule has 28 heavy (non-hydrogen) atoms. The largest absolute Gasteiger partial charge is 0.378 e. The molecule has 9 heteroatoms. The summed E-state index contributed by atoms with van der Waals surface area (Å²) in [6.45, 7) is 2.65. The summed E-state index contributed by atoms with van der Waals surface area (Å²) >= 11 is 0. The Morgan fingerprint density at radius 3 is 2.14 bits per heavy atom. The number of morpholine rings is 1. The van der Waals surface area contributed by atoms with Gasteiger partial charge >= 0.3 is 0 Å². The number of nitrogens with one attached hydrogen (secondary N) is 2. The molecule has 0 bridgehead atoms. The van der Waals surface area contributed by atoms with Crippen LogP contribution in [0.3, 0.4) is 0 Å². The molecular formula is C19H20ClFN6O. The molecule has 0 atom stereocenters. The molecule has 1 aliphatic rings. The second-order valence-corrected chi connectivity index (χ2v) is 6.01. The lowest BCUT2D eigenvalue weighted by molar-refractivity contribution is 0.122. The van der Waals surface area contributed by atoms with Crippen molar-refractivity contribution in [3.05, 3.63) is 60.4 Å². The number of halogens is 2. The van der Waals surface area contributed by atoms with Crippen molar-refractivity contribution < 1.29 is 9.13 Å². The van der Waals surface area contributed by atoms with Gasteiger partial charge in [-0.3, -0.25) is 0 Å². The third-order valence-electron chi connectivity index (χ3n) is 4.03. The molecule has 1 fully saturated rings.